The Balaban J connectivity index is 2.11. The molecule has 1 heterocycles. The Hall–Kier alpha value is -0.950. The molecule has 0 bridgehead atoms. The van der Waals surface area contributed by atoms with Crippen LogP contribution in [0, 0.1) is 5.92 Å². The number of thioether (sulfide) groups is 1. The van der Waals surface area contributed by atoms with Crippen LogP contribution in [0.2, 0.25) is 0 Å². The van der Waals surface area contributed by atoms with Gasteiger partial charge in [0.05, 0.1) is 0 Å². The van der Waals surface area contributed by atoms with Gasteiger partial charge >= 0.3 is 0 Å². The number of rotatable bonds is 12. The molecule has 0 unspecified atom stereocenters. The van der Waals surface area contributed by atoms with E-state index in [1.54, 1.807) is 0 Å². The van der Waals surface area contributed by atoms with Crippen LogP contribution in [0.3, 0.4) is 0 Å². The van der Waals surface area contributed by atoms with Gasteiger partial charge in [0, 0.05) is 25.6 Å². The molecule has 6 nitrogen and oxygen atoms in total. The first kappa shape index (κ1) is 22.1. The summed E-state index contributed by atoms with van der Waals surface area (Å²) in [4.78, 5) is 18.3. The van der Waals surface area contributed by atoms with Crippen molar-refractivity contribution in [1.82, 2.24) is 15.5 Å². The third-order valence-corrected chi connectivity index (χ3v) is 5.25. The van der Waals surface area contributed by atoms with E-state index in [4.69, 9.17) is 5.73 Å². The molecule has 0 spiro atoms. The minimum absolute atomic E-state index is 0.0884. The molecule has 0 aromatic carbocycles. The lowest BCUT2D eigenvalue weighted by molar-refractivity contribution is -0.123. The lowest BCUT2D eigenvalue weighted by Gasteiger charge is -2.30. The third kappa shape index (κ3) is 10.6. The van der Waals surface area contributed by atoms with E-state index in [1.165, 1.54) is 18.6 Å². The average molecular weight is 372 g/mol. The maximum Gasteiger partial charge on any atom is 0.220 e. The van der Waals surface area contributed by atoms with E-state index < -0.39 is 0 Å². The SMILES string of the molecule is CCNC(=NCCCCN1CCC(C(N)=O)CC1)NCCCCSC. The summed E-state index contributed by atoms with van der Waals surface area (Å²) in [6.45, 7) is 7.93. The number of amides is 1. The van der Waals surface area contributed by atoms with E-state index in [-0.39, 0.29) is 11.8 Å². The van der Waals surface area contributed by atoms with Gasteiger partial charge in [-0.2, -0.15) is 11.8 Å². The summed E-state index contributed by atoms with van der Waals surface area (Å²) in [6, 6.07) is 0. The molecule has 7 heteroatoms. The van der Waals surface area contributed by atoms with Gasteiger partial charge in [-0.15, -0.1) is 0 Å². The molecule has 0 saturated carbocycles. The second kappa shape index (κ2) is 14.2. The van der Waals surface area contributed by atoms with E-state index in [2.05, 4.69) is 33.7 Å². The highest BCUT2D eigenvalue weighted by atomic mass is 32.2. The summed E-state index contributed by atoms with van der Waals surface area (Å²) in [5.74, 6) is 2.12. The summed E-state index contributed by atoms with van der Waals surface area (Å²) in [6.07, 6.45) is 8.67. The number of nitrogens with one attached hydrogen (secondary N) is 2. The molecule has 25 heavy (non-hydrogen) atoms. The monoisotopic (exact) mass is 371 g/mol. The molecule has 4 N–H and O–H groups in total. The lowest BCUT2D eigenvalue weighted by Crippen LogP contribution is -2.39. The second-order valence-corrected chi connectivity index (χ2v) is 7.60. The Bertz CT molecular complexity index is 384. The van der Waals surface area contributed by atoms with Gasteiger partial charge in [-0.3, -0.25) is 9.79 Å². The predicted octanol–water partition coefficient (Wildman–Crippen LogP) is 1.66. The minimum atomic E-state index is -0.133. The van der Waals surface area contributed by atoms with Crippen molar-refractivity contribution in [3.8, 4) is 0 Å². The van der Waals surface area contributed by atoms with Crippen LogP contribution in [0.15, 0.2) is 4.99 Å². The first-order valence-corrected chi connectivity index (χ1v) is 11.1. The third-order valence-electron chi connectivity index (χ3n) is 4.55. The highest BCUT2D eigenvalue weighted by Crippen LogP contribution is 2.16. The van der Waals surface area contributed by atoms with Crippen LogP contribution in [-0.4, -0.2) is 68.0 Å². The molecular formula is C18H37N5OS. The molecule has 1 rings (SSSR count). The van der Waals surface area contributed by atoms with E-state index in [0.717, 1.165) is 70.9 Å². The quantitative estimate of drug-likeness (QED) is 0.276. The van der Waals surface area contributed by atoms with Crippen molar-refractivity contribution in [1.29, 1.82) is 0 Å². The number of carbonyl (C=O) groups excluding carboxylic acids is 1. The fraction of sp³-hybridized carbons (Fsp3) is 0.889. The van der Waals surface area contributed by atoms with E-state index in [9.17, 15) is 4.79 Å². The van der Waals surface area contributed by atoms with Gasteiger partial charge in [-0.05, 0) is 77.1 Å². The number of piperidine rings is 1. The summed E-state index contributed by atoms with van der Waals surface area (Å²) in [7, 11) is 0. The second-order valence-electron chi connectivity index (χ2n) is 6.61. The van der Waals surface area contributed by atoms with Crippen LogP contribution in [0.4, 0.5) is 0 Å². The molecule has 1 aliphatic heterocycles. The Kier molecular flexibility index (Phi) is 12.6. The largest absolute Gasteiger partial charge is 0.369 e. The standard InChI is InChI=1S/C18H37N5OS/c1-3-20-18(22-11-5-7-15-25-2)21-10-4-6-12-23-13-8-16(9-14-23)17(19)24/h16H,3-15H2,1-2H3,(H2,19,24)(H2,20,21,22). The normalized spacial score (nSPS) is 16.8. The molecule has 1 aliphatic rings. The molecular weight excluding hydrogens is 334 g/mol. The molecule has 0 aliphatic carbocycles. The number of carbonyl (C=O) groups is 1. The molecule has 146 valence electrons. The van der Waals surface area contributed by atoms with Gasteiger partial charge in [0.15, 0.2) is 5.96 Å². The van der Waals surface area contributed by atoms with Crippen LogP contribution in [-0.2, 0) is 4.79 Å². The van der Waals surface area contributed by atoms with Gasteiger partial charge in [0.1, 0.15) is 0 Å². The summed E-state index contributed by atoms with van der Waals surface area (Å²) < 4.78 is 0. The van der Waals surface area contributed by atoms with Crippen molar-refractivity contribution in [3.05, 3.63) is 0 Å². The topological polar surface area (TPSA) is 82.8 Å². The van der Waals surface area contributed by atoms with Gasteiger partial charge < -0.3 is 21.3 Å². The number of aliphatic imine (C=N–C) groups is 1. The van der Waals surface area contributed by atoms with Gasteiger partial charge in [0.25, 0.3) is 0 Å². The average Bonchev–Trinajstić information content (AvgIpc) is 2.61. The predicted molar refractivity (Wildman–Crippen MR) is 109 cm³/mol. The maximum absolute atomic E-state index is 11.2. The van der Waals surface area contributed by atoms with E-state index in [1.807, 2.05) is 11.8 Å². The van der Waals surface area contributed by atoms with Crippen LogP contribution in [0.25, 0.3) is 0 Å². The Morgan fingerprint density at radius 2 is 1.96 bits per heavy atom. The molecule has 1 saturated heterocycles. The number of primary amides is 1. The molecule has 1 fully saturated rings. The summed E-state index contributed by atoms with van der Waals surface area (Å²) in [5.41, 5.74) is 5.38. The van der Waals surface area contributed by atoms with Crippen LogP contribution < -0.4 is 16.4 Å². The van der Waals surface area contributed by atoms with Crippen LogP contribution >= 0.6 is 11.8 Å². The van der Waals surface area contributed by atoms with Gasteiger partial charge in [-0.1, -0.05) is 0 Å². The number of hydrogen-bond donors (Lipinski definition) is 3. The number of hydrogen-bond acceptors (Lipinski definition) is 4. The number of guanidine groups is 1. The van der Waals surface area contributed by atoms with Crippen molar-refractivity contribution in [2.75, 3.05) is 51.3 Å². The van der Waals surface area contributed by atoms with Crippen LogP contribution in [0.5, 0.6) is 0 Å². The fourth-order valence-electron chi connectivity index (χ4n) is 3.00. The van der Waals surface area contributed by atoms with Crippen molar-refractivity contribution in [2.45, 2.75) is 45.4 Å². The first-order chi connectivity index (χ1) is 12.2. The smallest absolute Gasteiger partial charge is 0.220 e. The Labute approximate surface area is 157 Å². The minimum Gasteiger partial charge on any atom is -0.369 e. The maximum atomic E-state index is 11.2. The van der Waals surface area contributed by atoms with Gasteiger partial charge in [0.2, 0.25) is 5.91 Å². The van der Waals surface area contributed by atoms with E-state index in [0.29, 0.717) is 0 Å². The molecule has 1 amide bonds. The number of likely N-dealkylation sites (tertiary alicyclic amines) is 1. The number of unbranched alkanes of at least 4 members (excludes halogenated alkanes) is 2. The van der Waals surface area contributed by atoms with Crippen molar-refractivity contribution in [3.63, 3.8) is 0 Å². The zero-order valence-electron chi connectivity index (χ0n) is 16.1. The Morgan fingerprint density at radius 1 is 1.20 bits per heavy atom. The summed E-state index contributed by atoms with van der Waals surface area (Å²) >= 11 is 1.90. The molecule has 0 atom stereocenters. The summed E-state index contributed by atoms with van der Waals surface area (Å²) in [5, 5.41) is 6.72. The first-order valence-electron chi connectivity index (χ1n) is 9.70. The zero-order valence-corrected chi connectivity index (χ0v) is 16.9. The molecule has 0 aromatic rings. The highest BCUT2D eigenvalue weighted by Gasteiger charge is 2.22. The van der Waals surface area contributed by atoms with Gasteiger partial charge in [-0.25, -0.2) is 0 Å². The fourth-order valence-corrected chi connectivity index (χ4v) is 3.49. The van der Waals surface area contributed by atoms with Crippen molar-refractivity contribution in [2.24, 2.45) is 16.6 Å². The van der Waals surface area contributed by atoms with E-state index >= 15 is 0 Å². The number of nitrogens with zero attached hydrogens (tertiary/aromatic N) is 2. The number of nitrogens with two attached hydrogens (primary N) is 1. The van der Waals surface area contributed by atoms with Crippen LogP contribution in [0.1, 0.15) is 45.4 Å². The molecule has 0 aromatic heterocycles. The zero-order chi connectivity index (χ0) is 18.3. The lowest BCUT2D eigenvalue weighted by atomic mass is 9.96. The van der Waals surface area contributed by atoms with Crippen molar-refractivity contribution < 1.29 is 4.79 Å². The van der Waals surface area contributed by atoms with Crippen molar-refractivity contribution >= 4 is 23.6 Å². The highest BCUT2D eigenvalue weighted by molar-refractivity contribution is 7.98. The Morgan fingerprint density at radius 3 is 2.60 bits per heavy atom. The molecule has 0 radical (unpaired) electrons.